The number of para-hydroxylation sites is 1. The Morgan fingerprint density at radius 2 is 1.72 bits per heavy atom. The smallest absolute Gasteiger partial charge is 0.308 e. The molecule has 32 heavy (non-hydrogen) atoms. The minimum Gasteiger partial charge on any atom is -0.348 e. The van der Waals surface area contributed by atoms with E-state index in [1.807, 2.05) is 37.3 Å². The van der Waals surface area contributed by atoms with Crippen molar-refractivity contribution >= 4 is 43.2 Å². The van der Waals surface area contributed by atoms with E-state index < -0.39 is 10.0 Å². The summed E-state index contributed by atoms with van der Waals surface area (Å²) in [7, 11) is -3.97. The van der Waals surface area contributed by atoms with Crippen molar-refractivity contribution in [1.82, 2.24) is 9.88 Å². The molecule has 2 N–H and O–H groups in total. The second kappa shape index (κ2) is 8.97. The standard InChI is InChI=1S/C23H21N3O4S2/c1-2-26-20-13-12-17(14-21(20)31-23(26)28)32(29,30)25-19-11-7-6-10-18(19)22(27)24-15-16-8-4-3-5-9-16/h3-14,25H,2,15H2,1H3,(H,24,27). The number of fused-ring (bicyclic) bond motifs is 1. The van der Waals surface area contributed by atoms with Crippen molar-refractivity contribution in [3.8, 4) is 0 Å². The van der Waals surface area contributed by atoms with E-state index in [9.17, 15) is 18.0 Å². The summed E-state index contributed by atoms with van der Waals surface area (Å²) in [6, 6.07) is 20.4. The number of aromatic nitrogens is 1. The van der Waals surface area contributed by atoms with Crippen LogP contribution in [0, 0.1) is 0 Å². The highest BCUT2D eigenvalue weighted by Gasteiger charge is 2.20. The molecule has 9 heteroatoms. The van der Waals surface area contributed by atoms with E-state index in [4.69, 9.17) is 0 Å². The van der Waals surface area contributed by atoms with E-state index in [2.05, 4.69) is 10.0 Å². The maximum Gasteiger partial charge on any atom is 0.308 e. The summed E-state index contributed by atoms with van der Waals surface area (Å²) in [6.07, 6.45) is 0. The number of amides is 1. The first-order valence-electron chi connectivity index (χ1n) is 9.96. The minimum absolute atomic E-state index is 0.0222. The van der Waals surface area contributed by atoms with Gasteiger partial charge in [-0.2, -0.15) is 0 Å². The molecule has 164 valence electrons. The topological polar surface area (TPSA) is 97.3 Å². The fourth-order valence-corrected chi connectivity index (χ4v) is 5.54. The van der Waals surface area contributed by atoms with Crippen molar-refractivity contribution in [2.24, 2.45) is 0 Å². The Morgan fingerprint density at radius 3 is 2.47 bits per heavy atom. The van der Waals surface area contributed by atoms with Crippen molar-refractivity contribution in [2.75, 3.05) is 4.72 Å². The number of hydrogen-bond acceptors (Lipinski definition) is 5. The van der Waals surface area contributed by atoms with E-state index in [-0.39, 0.29) is 26.9 Å². The number of hydrogen-bond donors (Lipinski definition) is 2. The van der Waals surface area contributed by atoms with E-state index >= 15 is 0 Å². The third kappa shape index (κ3) is 4.44. The highest BCUT2D eigenvalue weighted by Crippen LogP contribution is 2.25. The van der Waals surface area contributed by atoms with Crippen molar-refractivity contribution in [3.63, 3.8) is 0 Å². The maximum absolute atomic E-state index is 13.0. The predicted octanol–water partition coefficient (Wildman–Crippen LogP) is 3.81. The van der Waals surface area contributed by atoms with Gasteiger partial charge in [-0.3, -0.25) is 18.9 Å². The summed E-state index contributed by atoms with van der Waals surface area (Å²) < 4.78 is 30.8. The maximum atomic E-state index is 13.0. The Kier molecular flexibility index (Phi) is 6.11. The first kappa shape index (κ1) is 21.8. The number of benzene rings is 3. The molecule has 1 aromatic heterocycles. The van der Waals surface area contributed by atoms with Gasteiger partial charge in [-0.25, -0.2) is 8.42 Å². The molecule has 1 heterocycles. The van der Waals surface area contributed by atoms with E-state index in [0.29, 0.717) is 23.3 Å². The van der Waals surface area contributed by atoms with E-state index in [1.54, 1.807) is 34.9 Å². The summed E-state index contributed by atoms with van der Waals surface area (Å²) in [6.45, 7) is 2.69. The van der Waals surface area contributed by atoms with Crippen molar-refractivity contribution in [1.29, 1.82) is 0 Å². The van der Waals surface area contributed by atoms with Crippen LogP contribution in [-0.4, -0.2) is 18.9 Å². The first-order chi connectivity index (χ1) is 15.4. The van der Waals surface area contributed by atoms with Crippen molar-refractivity contribution in [3.05, 3.63) is 93.6 Å². The van der Waals surface area contributed by atoms with Crippen molar-refractivity contribution in [2.45, 2.75) is 24.9 Å². The van der Waals surface area contributed by atoms with Crippen molar-refractivity contribution < 1.29 is 13.2 Å². The molecule has 0 spiro atoms. The monoisotopic (exact) mass is 467 g/mol. The van der Waals surface area contributed by atoms with Gasteiger partial charge in [0.1, 0.15) is 0 Å². The zero-order valence-corrected chi connectivity index (χ0v) is 18.9. The Labute approximate surface area is 189 Å². The number of carbonyl (C=O) groups is 1. The fourth-order valence-electron chi connectivity index (χ4n) is 3.36. The number of aryl methyl sites for hydroxylation is 1. The number of sulfonamides is 1. The number of carbonyl (C=O) groups excluding carboxylic acids is 1. The van der Waals surface area contributed by atoms with Gasteiger partial charge in [0.05, 0.1) is 26.4 Å². The van der Waals surface area contributed by atoms with Crippen LogP contribution in [0.1, 0.15) is 22.8 Å². The van der Waals surface area contributed by atoms with Crippen LogP contribution >= 0.6 is 11.3 Å². The van der Waals surface area contributed by atoms with Crippen LogP contribution in [0.25, 0.3) is 10.2 Å². The molecule has 0 saturated carbocycles. The van der Waals surface area contributed by atoms with Gasteiger partial charge in [0.2, 0.25) is 0 Å². The average Bonchev–Trinajstić information content (AvgIpc) is 3.12. The highest BCUT2D eigenvalue weighted by atomic mass is 32.2. The second-order valence-electron chi connectivity index (χ2n) is 7.06. The van der Waals surface area contributed by atoms with Gasteiger partial charge >= 0.3 is 4.87 Å². The number of nitrogens with one attached hydrogen (secondary N) is 2. The van der Waals surface area contributed by atoms with Crippen LogP contribution in [0.4, 0.5) is 5.69 Å². The molecule has 0 bridgehead atoms. The quantitative estimate of drug-likeness (QED) is 0.432. The number of rotatable bonds is 7. The molecule has 0 unspecified atom stereocenters. The van der Waals surface area contributed by atoms with Gasteiger partial charge < -0.3 is 5.32 Å². The Hall–Kier alpha value is -3.43. The molecule has 7 nitrogen and oxygen atoms in total. The molecular formula is C23H21N3O4S2. The van der Waals surface area contributed by atoms with Crippen LogP contribution in [0.3, 0.4) is 0 Å². The number of thiazole rings is 1. The summed E-state index contributed by atoms with van der Waals surface area (Å²) in [5, 5.41) is 2.81. The van der Waals surface area contributed by atoms with Gasteiger partial charge in [0, 0.05) is 13.1 Å². The van der Waals surface area contributed by atoms with Gasteiger partial charge in [-0.1, -0.05) is 53.8 Å². The van der Waals surface area contributed by atoms with Crippen LogP contribution < -0.4 is 14.9 Å². The fraction of sp³-hybridized carbons (Fsp3) is 0.130. The SMILES string of the molecule is CCn1c(=O)sc2cc(S(=O)(=O)Nc3ccccc3C(=O)NCc3ccccc3)ccc21. The molecule has 0 radical (unpaired) electrons. The molecule has 0 aliphatic rings. The lowest BCUT2D eigenvalue weighted by Crippen LogP contribution is -2.25. The lowest BCUT2D eigenvalue weighted by Gasteiger charge is -2.13. The molecule has 4 aromatic rings. The number of anilines is 1. The third-order valence-corrected chi connectivity index (χ3v) is 7.28. The van der Waals surface area contributed by atoms with Crippen LogP contribution in [0.5, 0.6) is 0 Å². The predicted molar refractivity (Wildman–Crippen MR) is 127 cm³/mol. The minimum atomic E-state index is -3.97. The average molecular weight is 468 g/mol. The lowest BCUT2D eigenvalue weighted by atomic mass is 10.1. The Morgan fingerprint density at radius 1 is 1.00 bits per heavy atom. The summed E-state index contributed by atoms with van der Waals surface area (Å²) in [4.78, 5) is 24.7. The Bertz CT molecular complexity index is 1440. The molecule has 0 aliphatic heterocycles. The van der Waals surface area contributed by atoms with Crippen LogP contribution in [0.15, 0.2) is 82.5 Å². The highest BCUT2D eigenvalue weighted by molar-refractivity contribution is 7.92. The van der Waals surface area contributed by atoms with Gasteiger partial charge in [0.15, 0.2) is 0 Å². The first-order valence-corrected chi connectivity index (χ1v) is 12.3. The second-order valence-corrected chi connectivity index (χ2v) is 9.74. The van der Waals surface area contributed by atoms with Crippen LogP contribution in [-0.2, 0) is 23.1 Å². The third-order valence-electron chi connectivity index (χ3n) is 4.98. The molecular weight excluding hydrogens is 446 g/mol. The molecule has 3 aromatic carbocycles. The van der Waals surface area contributed by atoms with Gasteiger partial charge in [-0.15, -0.1) is 0 Å². The molecule has 0 saturated heterocycles. The molecule has 0 atom stereocenters. The molecule has 0 aliphatic carbocycles. The van der Waals surface area contributed by atoms with E-state index in [1.165, 1.54) is 12.1 Å². The summed E-state index contributed by atoms with van der Waals surface area (Å²) in [5.41, 5.74) is 2.03. The normalized spacial score (nSPS) is 11.4. The molecule has 1 amide bonds. The molecule has 4 rings (SSSR count). The Balaban J connectivity index is 1.59. The van der Waals surface area contributed by atoms with E-state index in [0.717, 1.165) is 16.9 Å². The summed E-state index contributed by atoms with van der Waals surface area (Å²) in [5.74, 6) is -0.388. The van der Waals surface area contributed by atoms with Crippen LogP contribution in [0.2, 0.25) is 0 Å². The lowest BCUT2D eigenvalue weighted by molar-refractivity contribution is 0.0952. The summed E-state index contributed by atoms with van der Waals surface area (Å²) >= 11 is 1.00. The number of nitrogens with zero attached hydrogens (tertiary/aromatic N) is 1. The largest absolute Gasteiger partial charge is 0.348 e. The van der Waals surface area contributed by atoms with Gasteiger partial charge in [-0.05, 0) is 42.8 Å². The van der Waals surface area contributed by atoms with Gasteiger partial charge in [0.25, 0.3) is 15.9 Å². The zero-order chi connectivity index (χ0) is 22.7. The zero-order valence-electron chi connectivity index (χ0n) is 17.2. The molecule has 0 fully saturated rings.